The third-order valence-corrected chi connectivity index (χ3v) is 3.74. The van der Waals surface area contributed by atoms with Crippen molar-refractivity contribution in [3.63, 3.8) is 0 Å². The summed E-state index contributed by atoms with van der Waals surface area (Å²) in [6.45, 7) is 0. The lowest BCUT2D eigenvalue weighted by molar-refractivity contribution is 0.317. The van der Waals surface area contributed by atoms with Gasteiger partial charge in [-0.15, -0.1) is 4.74 Å². The molecule has 0 aliphatic heterocycles. The summed E-state index contributed by atoms with van der Waals surface area (Å²) in [5.74, 6) is -0.737. The third-order valence-electron chi connectivity index (χ3n) is 3.74. The van der Waals surface area contributed by atoms with Crippen molar-refractivity contribution in [2.75, 3.05) is 11.5 Å². The summed E-state index contributed by atoms with van der Waals surface area (Å²) in [6.07, 6.45) is 3.11. The first kappa shape index (κ1) is 16.4. The fourth-order valence-electron chi connectivity index (χ4n) is 2.64. The molecule has 0 saturated heterocycles. The van der Waals surface area contributed by atoms with Gasteiger partial charge in [-0.05, 0) is 29.8 Å². The fraction of sp³-hybridized carbons (Fsp3) is 0. The van der Waals surface area contributed by atoms with Crippen molar-refractivity contribution in [1.29, 1.82) is 0 Å². The summed E-state index contributed by atoms with van der Waals surface area (Å²) in [7, 11) is 0. The van der Waals surface area contributed by atoms with E-state index in [4.69, 9.17) is 16.0 Å². The van der Waals surface area contributed by atoms with Gasteiger partial charge in [-0.25, -0.2) is 9.18 Å². The molecule has 0 saturated carbocycles. The van der Waals surface area contributed by atoms with Crippen molar-refractivity contribution < 1.29 is 8.91 Å². The molecule has 134 valence electrons. The minimum Gasteiger partial charge on any atom is -0.368 e. The summed E-state index contributed by atoms with van der Waals surface area (Å²) < 4.78 is 19.8. The van der Waals surface area contributed by atoms with Gasteiger partial charge in [0.1, 0.15) is 11.5 Å². The van der Waals surface area contributed by atoms with Crippen LogP contribution in [0.2, 0.25) is 0 Å². The van der Waals surface area contributed by atoms with Gasteiger partial charge in [0.05, 0.1) is 5.56 Å². The number of anilines is 2. The minimum atomic E-state index is -0.661. The standard InChI is InChI=1S/C17H12FN7O2/c18-11-3-1-9(2-4-11)12-13(10-5-7-21-8-6-10)25(27-14(12)26)17-23-15(19)22-16(20)24-17/h1-8H,(H4,19,20,22,23,24). The van der Waals surface area contributed by atoms with Crippen LogP contribution in [0.5, 0.6) is 0 Å². The highest BCUT2D eigenvalue weighted by molar-refractivity contribution is 5.80. The summed E-state index contributed by atoms with van der Waals surface area (Å²) in [5.41, 5.74) is 12.2. The van der Waals surface area contributed by atoms with E-state index in [-0.39, 0.29) is 23.4 Å². The van der Waals surface area contributed by atoms with Gasteiger partial charge in [-0.1, -0.05) is 12.1 Å². The number of pyridine rings is 1. The molecule has 0 aliphatic rings. The number of nitrogens with zero attached hydrogens (tertiary/aromatic N) is 5. The molecule has 3 heterocycles. The lowest BCUT2D eigenvalue weighted by Gasteiger charge is -2.08. The largest absolute Gasteiger partial charge is 0.368 e. The van der Waals surface area contributed by atoms with Gasteiger partial charge >= 0.3 is 5.63 Å². The molecule has 4 N–H and O–H groups in total. The first-order valence-corrected chi connectivity index (χ1v) is 7.73. The number of nitrogens with two attached hydrogens (primary N) is 2. The Balaban J connectivity index is 2.04. The number of benzene rings is 1. The molecule has 0 fully saturated rings. The smallest absolute Gasteiger partial charge is 0.366 e. The molecule has 1 aromatic carbocycles. The van der Waals surface area contributed by atoms with Gasteiger partial charge in [-0.2, -0.15) is 15.0 Å². The zero-order chi connectivity index (χ0) is 19.0. The van der Waals surface area contributed by atoms with E-state index in [0.29, 0.717) is 16.8 Å². The second kappa shape index (κ2) is 6.33. The van der Waals surface area contributed by atoms with Gasteiger partial charge in [0, 0.05) is 18.0 Å². The highest BCUT2D eigenvalue weighted by atomic mass is 19.1. The highest BCUT2D eigenvalue weighted by Gasteiger charge is 2.23. The molecule has 0 amide bonds. The monoisotopic (exact) mass is 365 g/mol. The predicted molar refractivity (Wildman–Crippen MR) is 95.1 cm³/mol. The van der Waals surface area contributed by atoms with Crippen molar-refractivity contribution in [3.8, 4) is 28.3 Å². The van der Waals surface area contributed by atoms with Crippen molar-refractivity contribution in [3.05, 3.63) is 65.0 Å². The maximum atomic E-state index is 13.3. The topological polar surface area (TPSA) is 139 Å². The number of nitrogen functional groups attached to an aromatic ring is 2. The van der Waals surface area contributed by atoms with E-state index in [2.05, 4.69) is 19.9 Å². The molecule has 3 aromatic heterocycles. The van der Waals surface area contributed by atoms with Gasteiger partial charge < -0.3 is 16.0 Å². The van der Waals surface area contributed by atoms with E-state index >= 15 is 0 Å². The SMILES string of the molecule is Nc1nc(N)nc(-n2oc(=O)c(-c3ccc(F)cc3)c2-c2ccncc2)n1. The number of rotatable bonds is 3. The van der Waals surface area contributed by atoms with Crippen LogP contribution in [0.4, 0.5) is 16.3 Å². The van der Waals surface area contributed by atoms with Crippen LogP contribution in [-0.2, 0) is 0 Å². The molecule has 10 heteroatoms. The molecule has 4 aromatic rings. The second-order valence-corrected chi connectivity index (χ2v) is 5.49. The second-order valence-electron chi connectivity index (χ2n) is 5.49. The molecule has 0 unspecified atom stereocenters. The Labute approximate surface area is 151 Å². The Morgan fingerprint density at radius 1 is 0.889 bits per heavy atom. The van der Waals surface area contributed by atoms with Crippen molar-refractivity contribution in [2.45, 2.75) is 0 Å². The van der Waals surface area contributed by atoms with E-state index in [1.807, 2.05) is 0 Å². The maximum Gasteiger partial charge on any atom is 0.366 e. The molecule has 0 atom stereocenters. The van der Waals surface area contributed by atoms with Crippen LogP contribution in [0.3, 0.4) is 0 Å². The average Bonchev–Trinajstić information content (AvgIpc) is 3.00. The normalized spacial score (nSPS) is 10.9. The van der Waals surface area contributed by atoms with E-state index in [9.17, 15) is 9.18 Å². The van der Waals surface area contributed by atoms with E-state index < -0.39 is 11.4 Å². The third kappa shape index (κ3) is 2.99. The molecule has 9 nitrogen and oxygen atoms in total. The molecule has 4 rings (SSSR count). The molecule has 0 radical (unpaired) electrons. The first-order chi connectivity index (χ1) is 13.0. The Bertz CT molecular complexity index is 1150. The van der Waals surface area contributed by atoms with Crippen LogP contribution < -0.4 is 17.1 Å². The zero-order valence-corrected chi connectivity index (χ0v) is 13.7. The molecular weight excluding hydrogens is 353 g/mol. The summed E-state index contributed by atoms with van der Waals surface area (Å²) in [4.78, 5) is 28.3. The van der Waals surface area contributed by atoms with Crippen LogP contribution in [0.1, 0.15) is 0 Å². The Kier molecular flexibility index (Phi) is 3.84. The van der Waals surface area contributed by atoms with Crippen LogP contribution in [0.25, 0.3) is 28.3 Å². The first-order valence-electron chi connectivity index (χ1n) is 7.73. The number of hydrogen-bond donors (Lipinski definition) is 2. The molecular formula is C17H12FN7O2. The lowest BCUT2D eigenvalue weighted by atomic mass is 10.0. The quantitative estimate of drug-likeness (QED) is 0.559. The van der Waals surface area contributed by atoms with Gasteiger partial charge in [-0.3, -0.25) is 4.98 Å². The van der Waals surface area contributed by atoms with Crippen LogP contribution in [0, 0.1) is 5.82 Å². The molecule has 0 bridgehead atoms. The Hall–Kier alpha value is -4.08. The number of aromatic nitrogens is 5. The van der Waals surface area contributed by atoms with Gasteiger partial charge in [0.25, 0.3) is 5.95 Å². The number of halogens is 1. The van der Waals surface area contributed by atoms with E-state index in [0.717, 1.165) is 4.74 Å². The fourth-order valence-corrected chi connectivity index (χ4v) is 2.64. The van der Waals surface area contributed by atoms with Crippen molar-refractivity contribution in [1.82, 2.24) is 24.7 Å². The Morgan fingerprint density at radius 3 is 2.15 bits per heavy atom. The van der Waals surface area contributed by atoms with Crippen LogP contribution >= 0.6 is 0 Å². The molecule has 27 heavy (non-hydrogen) atoms. The number of hydrogen-bond acceptors (Lipinski definition) is 8. The summed E-state index contributed by atoms with van der Waals surface area (Å²) in [5, 5.41) is 0. The van der Waals surface area contributed by atoms with Crippen LogP contribution in [-0.4, -0.2) is 24.7 Å². The predicted octanol–water partition coefficient (Wildman–Crippen LogP) is 1.65. The molecule has 0 spiro atoms. The van der Waals surface area contributed by atoms with Crippen molar-refractivity contribution >= 4 is 11.9 Å². The molecule has 0 aliphatic carbocycles. The zero-order valence-electron chi connectivity index (χ0n) is 13.7. The lowest BCUT2D eigenvalue weighted by Crippen LogP contribution is -2.09. The van der Waals surface area contributed by atoms with Gasteiger partial charge in [0.2, 0.25) is 11.9 Å². The highest BCUT2D eigenvalue weighted by Crippen LogP contribution is 2.31. The van der Waals surface area contributed by atoms with E-state index in [1.54, 1.807) is 24.5 Å². The minimum absolute atomic E-state index is 0.0581. The van der Waals surface area contributed by atoms with Gasteiger partial charge in [0.15, 0.2) is 0 Å². The van der Waals surface area contributed by atoms with E-state index in [1.165, 1.54) is 24.3 Å². The Morgan fingerprint density at radius 2 is 1.52 bits per heavy atom. The van der Waals surface area contributed by atoms with Crippen molar-refractivity contribution in [2.24, 2.45) is 0 Å². The summed E-state index contributed by atoms with van der Waals surface area (Å²) >= 11 is 0. The average molecular weight is 365 g/mol. The van der Waals surface area contributed by atoms with Crippen LogP contribution in [0.15, 0.2) is 58.1 Å². The maximum absolute atomic E-state index is 13.3. The summed E-state index contributed by atoms with van der Waals surface area (Å²) in [6, 6.07) is 8.83.